The first-order valence-corrected chi connectivity index (χ1v) is 10.1. The van der Waals surface area contributed by atoms with Gasteiger partial charge in [0.25, 0.3) is 0 Å². The monoisotopic (exact) mass is 384 g/mol. The molecule has 0 saturated carbocycles. The third kappa shape index (κ3) is 25.0. The summed E-state index contributed by atoms with van der Waals surface area (Å²) in [5.74, 6) is 0. The summed E-state index contributed by atoms with van der Waals surface area (Å²) >= 11 is 0. The van der Waals surface area contributed by atoms with Gasteiger partial charge in [0.15, 0.2) is 0 Å². The zero-order valence-corrected chi connectivity index (χ0v) is 19.2. The molecule has 0 atom stereocenters. The molecule has 1 rings (SSSR count). The summed E-state index contributed by atoms with van der Waals surface area (Å²) in [7, 11) is -4.67. The molecule has 0 spiro atoms. The van der Waals surface area contributed by atoms with Crippen molar-refractivity contribution in [2.75, 3.05) is 0 Å². The van der Waals surface area contributed by atoms with Crippen molar-refractivity contribution in [3.63, 3.8) is 0 Å². The number of hydrogen-bond acceptors (Lipinski definition) is 2. The van der Waals surface area contributed by atoms with Crippen molar-refractivity contribution in [3.8, 4) is 0 Å². The summed E-state index contributed by atoms with van der Waals surface area (Å²) in [4.78, 5) is 0. The Morgan fingerprint density at radius 1 is 0.792 bits per heavy atom. The van der Waals surface area contributed by atoms with E-state index in [-0.39, 0.29) is 52.8 Å². The molecule has 0 unspecified atom stereocenters. The molecule has 1 aromatic rings. The maximum absolute atomic E-state index is 8.74. The van der Waals surface area contributed by atoms with Gasteiger partial charge in [-0.05, 0) is 18.4 Å². The minimum absolute atomic E-state index is 0. The molecular weight excluding hydrogens is 351 g/mol. The van der Waals surface area contributed by atoms with Gasteiger partial charge in [-0.15, -0.1) is 0 Å². The molecule has 6 heteroatoms. The van der Waals surface area contributed by atoms with Gasteiger partial charge in [-0.2, -0.15) is 8.42 Å². The van der Waals surface area contributed by atoms with E-state index >= 15 is 0 Å². The third-order valence-corrected chi connectivity index (χ3v) is 3.66. The number of benzene rings is 1. The van der Waals surface area contributed by atoms with E-state index in [0.717, 1.165) is 0 Å². The normalized spacial score (nSPS) is 10.5. The van der Waals surface area contributed by atoms with E-state index < -0.39 is 10.4 Å². The smallest absolute Gasteiger partial charge is 1.00 e. The average molecular weight is 385 g/mol. The second-order valence-electron chi connectivity index (χ2n) is 5.87. The number of aryl methyl sites for hydroxylation is 1. The second-order valence-corrected chi connectivity index (χ2v) is 6.76. The molecule has 0 fully saturated rings. The minimum Gasteiger partial charge on any atom is -1.00 e. The van der Waals surface area contributed by atoms with E-state index in [1.807, 2.05) is 0 Å². The SMILES string of the molecule is CCCCCCCCCCCCc1ccccc1.O=S(=O)(O)O.[H-].[K+]. The number of unbranched alkanes of at least 4 members (excludes halogenated alkanes) is 9. The van der Waals surface area contributed by atoms with Crippen molar-refractivity contribution in [3.05, 3.63) is 35.9 Å². The molecule has 0 saturated heterocycles. The molecule has 1 aromatic carbocycles. The van der Waals surface area contributed by atoms with Gasteiger partial charge >= 0.3 is 61.8 Å². The molecule has 0 aliphatic rings. The predicted octanol–water partition coefficient (Wildman–Crippen LogP) is 2.61. The number of rotatable bonds is 11. The summed E-state index contributed by atoms with van der Waals surface area (Å²) in [6.45, 7) is 2.28. The zero-order chi connectivity index (χ0) is 17.4. The van der Waals surface area contributed by atoms with Crippen LogP contribution < -0.4 is 51.4 Å². The molecule has 2 N–H and O–H groups in total. The zero-order valence-electron chi connectivity index (χ0n) is 16.3. The first kappa shape index (κ1) is 27.0. The quantitative estimate of drug-likeness (QED) is 0.349. The Bertz CT molecular complexity index is 461. The molecule has 0 aromatic heterocycles. The van der Waals surface area contributed by atoms with E-state index in [4.69, 9.17) is 17.5 Å². The van der Waals surface area contributed by atoms with Gasteiger partial charge in [0.1, 0.15) is 0 Å². The molecule has 24 heavy (non-hydrogen) atoms. The maximum atomic E-state index is 8.74. The summed E-state index contributed by atoms with van der Waals surface area (Å²) < 4.78 is 31.6. The van der Waals surface area contributed by atoms with Gasteiger partial charge in [-0.25, -0.2) is 0 Å². The maximum Gasteiger partial charge on any atom is 1.00 e. The molecule has 0 radical (unpaired) electrons. The van der Waals surface area contributed by atoms with Crippen LogP contribution in [0.3, 0.4) is 0 Å². The largest absolute Gasteiger partial charge is 1.00 e. The van der Waals surface area contributed by atoms with Crippen molar-refractivity contribution in [2.24, 2.45) is 0 Å². The van der Waals surface area contributed by atoms with Crippen LogP contribution in [0, 0.1) is 0 Å². The summed E-state index contributed by atoms with van der Waals surface area (Å²) in [6, 6.07) is 10.9. The molecule has 0 amide bonds. The van der Waals surface area contributed by atoms with Gasteiger partial charge in [0, 0.05) is 0 Å². The van der Waals surface area contributed by atoms with Crippen LogP contribution in [-0.4, -0.2) is 17.5 Å². The molecular formula is C18H33KO4S. The van der Waals surface area contributed by atoms with Crippen LogP contribution in [0.5, 0.6) is 0 Å². The van der Waals surface area contributed by atoms with Crippen molar-refractivity contribution in [1.29, 1.82) is 0 Å². The van der Waals surface area contributed by atoms with Crippen molar-refractivity contribution >= 4 is 10.4 Å². The summed E-state index contributed by atoms with van der Waals surface area (Å²) in [6.07, 6.45) is 15.5. The standard InChI is InChI=1S/C18H30.K.H2O4S.H/c1-2-3-4-5-6-7-8-9-10-12-15-18-16-13-11-14-17-18;;1-5(2,3)4;/h11,13-14,16-17H,2-10,12,15H2,1H3;;(H2,1,2,3,4);/q;+1;;-1. The molecule has 136 valence electrons. The van der Waals surface area contributed by atoms with Crippen LogP contribution in [0.4, 0.5) is 0 Å². The van der Waals surface area contributed by atoms with E-state index in [1.54, 1.807) is 0 Å². The molecule has 0 aliphatic heterocycles. The first-order valence-electron chi connectivity index (χ1n) is 8.67. The fourth-order valence-corrected chi connectivity index (χ4v) is 2.46. The Labute approximate surface area is 192 Å². The Morgan fingerprint density at radius 3 is 1.58 bits per heavy atom. The topological polar surface area (TPSA) is 74.6 Å². The predicted molar refractivity (Wildman–Crippen MR) is 97.3 cm³/mol. The van der Waals surface area contributed by atoms with Gasteiger partial charge in [0.05, 0.1) is 0 Å². The van der Waals surface area contributed by atoms with Gasteiger partial charge < -0.3 is 1.43 Å². The third-order valence-electron chi connectivity index (χ3n) is 3.66. The summed E-state index contributed by atoms with van der Waals surface area (Å²) in [5, 5.41) is 0. The molecule has 0 aliphatic carbocycles. The van der Waals surface area contributed by atoms with E-state index in [2.05, 4.69) is 37.3 Å². The van der Waals surface area contributed by atoms with Crippen LogP contribution in [0.2, 0.25) is 0 Å². The van der Waals surface area contributed by atoms with Crippen LogP contribution in [0.25, 0.3) is 0 Å². The van der Waals surface area contributed by atoms with E-state index in [9.17, 15) is 0 Å². The Hall–Kier alpha value is 0.726. The van der Waals surface area contributed by atoms with Crippen molar-refractivity contribution in [1.82, 2.24) is 0 Å². The van der Waals surface area contributed by atoms with E-state index in [1.165, 1.54) is 76.2 Å². The molecule has 0 heterocycles. The van der Waals surface area contributed by atoms with Crippen LogP contribution in [0.15, 0.2) is 30.3 Å². The first-order chi connectivity index (χ1) is 10.9. The van der Waals surface area contributed by atoms with Crippen LogP contribution >= 0.6 is 0 Å². The average Bonchev–Trinajstić information content (AvgIpc) is 2.48. The summed E-state index contributed by atoms with van der Waals surface area (Å²) in [5.41, 5.74) is 1.50. The van der Waals surface area contributed by atoms with Gasteiger partial charge in [-0.1, -0.05) is 95.0 Å². The van der Waals surface area contributed by atoms with Crippen molar-refractivity contribution < 1.29 is 70.3 Å². The Morgan fingerprint density at radius 2 is 1.17 bits per heavy atom. The Kier molecular flexibility index (Phi) is 20.8. The molecule has 0 bridgehead atoms. The Balaban J connectivity index is -0.000000610. The van der Waals surface area contributed by atoms with Gasteiger partial charge in [0.2, 0.25) is 0 Å². The van der Waals surface area contributed by atoms with Crippen LogP contribution in [0.1, 0.15) is 78.1 Å². The second kappa shape index (κ2) is 18.5. The number of hydrogen-bond donors (Lipinski definition) is 2. The van der Waals surface area contributed by atoms with Crippen molar-refractivity contribution in [2.45, 2.75) is 77.6 Å². The fraction of sp³-hybridized carbons (Fsp3) is 0.667. The van der Waals surface area contributed by atoms with Crippen LogP contribution in [-0.2, 0) is 16.8 Å². The molecule has 4 nitrogen and oxygen atoms in total. The van der Waals surface area contributed by atoms with E-state index in [0.29, 0.717) is 0 Å². The van der Waals surface area contributed by atoms with Gasteiger partial charge in [-0.3, -0.25) is 9.11 Å². The minimum atomic E-state index is -4.67. The fourth-order valence-electron chi connectivity index (χ4n) is 2.46.